The van der Waals surface area contributed by atoms with Crippen LogP contribution in [0.3, 0.4) is 0 Å². The molecule has 2 rings (SSSR count). The maximum absolute atomic E-state index is 5.39. The van der Waals surface area contributed by atoms with Crippen LogP contribution in [0.1, 0.15) is 12.0 Å². The van der Waals surface area contributed by atoms with Crippen molar-refractivity contribution < 1.29 is 29.2 Å². The van der Waals surface area contributed by atoms with Gasteiger partial charge < -0.3 is 29.2 Å². The van der Waals surface area contributed by atoms with Crippen molar-refractivity contribution in [2.45, 2.75) is 13.0 Å². The smallest absolute Gasteiger partial charge is 0.203 e. The summed E-state index contributed by atoms with van der Waals surface area (Å²) in [5, 5.41) is 2.33. The second-order valence-corrected chi connectivity index (χ2v) is 5.78. The van der Waals surface area contributed by atoms with E-state index in [1.807, 2.05) is 12.1 Å². The summed E-state index contributed by atoms with van der Waals surface area (Å²) in [5.41, 5.74) is 1.18. The lowest BCUT2D eigenvalue weighted by Gasteiger charge is -2.23. The fraction of sp³-hybridized carbons (Fsp3) is 0.647. The van der Waals surface area contributed by atoms with E-state index in [0.717, 1.165) is 39.4 Å². The fourth-order valence-corrected chi connectivity index (χ4v) is 2.93. The fourth-order valence-electron chi connectivity index (χ4n) is 2.93. The van der Waals surface area contributed by atoms with Gasteiger partial charge in [0.25, 0.3) is 0 Å². The number of hydrogen-bond acceptors (Lipinski definition) is 4. The van der Waals surface area contributed by atoms with Crippen molar-refractivity contribution in [1.82, 2.24) is 0 Å². The van der Waals surface area contributed by atoms with Crippen LogP contribution in [0.2, 0.25) is 0 Å². The lowest BCUT2D eigenvalue weighted by Crippen LogP contribution is -3.14. The molecule has 0 bridgehead atoms. The van der Waals surface area contributed by atoms with Gasteiger partial charge in [-0.1, -0.05) is 0 Å². The van der Waals surface area contributed by atoms with Crippen LogP contribution in [-0.2, 0) is 11.3 Å². The summed E-state index contributed by atoms with van der Waals surface area (Å²) in [5.74, 6) is 2.08. The highest BCUT2D eigenvalue weighted by Gasteiger charge is 2.15. The Bertz CT molecular complexity index is 451. The van der Waals surface area contributed by atoms with Crippen LogP contribution in [0, 0.1) is 0 Å². The molecule has 1 aromatic rings. The Morgan fingerprint density at radius 3 is 2.26 bits per heavy atom. The monoisotopic (exact) mass is 326 g/mol. The first-order valence-electron chi connectivity index (χ1n) is 8.30. The quantitative estimate of drug-likeness (QED) is 0.577. The Morgan fingerprint density at radius 2 is 1.70 bits per heavy atom. The second kappa shape index (κ2) is 9.60. The minimum atomic E-state index is 0.648. The van der Waals surface area contributed by atoms with Crippen LogP contribution < -0.4 is 24.4 Å². The third-order valence-corrected chi connectivity index (χ3v) is 4.24. The Labute approximate surface area is 138 Å². The van der Waals surface area contributed by atoms with Crippen LogP contribution in [0.25, 0.3) is 0 Å². The van der Waals surface area contributed by atoms with Crippen molar-refractivity contribution in [3.63, 3.8) is 0 Å². The molecule has 1 aromatic carbocycles. The number of nitrogens with two attached hydrogens (primary N) is 1. The normalized spacial score (nSPS) is 15.4. The number of quaternary nitrogens is 2. The number of ether oxygens (including phenoxy) is 4. The molecule has 130 valence electrons. The highest BCUT2D eigenvalue weighted by atomic mass is 16.5. The number of benzene rings is 1. The number of rotatable bonds is 9. The molecule has 0 aliphatic carbocycles. The molecule has 0 radical (unpaired) electrons. The standard InChI is InChI=1S/C17H28N2O4/c1-20-15-11-14(12-16(21-2)17(15)22-3)13-18-5-4-6-19-7-9-23-10-8-19/h11-12,18H,4-10,13H2,1-3H3/p+2. The average molecular weight is 326 g/mol. The number of hydrogen-bond donors (Lipinski definition) is 2. The van der Waals surface area contributed by atoms with Crippen molar-refractivity contribution in [2.24, 2.45) is 0 Å². The van der Waals surface area contributed by atoms with E-state index in [2.05, 4.69) is 5.32 Å². The molecular weight excluding hydrogens is 296 g/mol. The molecule has 1 saturated heterocycles. The summed E-state index contributed by atoms with van der Waals surface area (Å²) in [6.07, 6.45) is 1.22. The summed E-state index contributed by atoms with van der Waals surface area (Å²) >= 11 is 0. The Hall–Kier alpha value is -1.50. The van der Waals surface area contributed by atoms with Crippen LogP contribution in [-0.4, -0.2) is 60.7 Å². The highest BCUT2D eigenvalue weighted by molar-refractivity contribution is 5.53. The average Bonchev–Trinajstić information content (AvgIpc) is 2.61. The van der Waals surface area contributed by atoms with Gasteiger partial charge in [-0.15, -0.1) is 0 Å². The lowest BCUT2D eigenvalue weighted by molar-refractivity contribution is -0.909. The first-order valence-corrected chi connectivity index (χ1v) is 8.30. The third-order valence-electron chi connectivity index (χ3n) is 4.24. The van der Waals surface area contributed by atoms with Crippen molar-refractivity contribution in [3.05, 3.63) is 17.7 Å². The van der Waals surface area contributed by atoms with E-state index in [4.69, 9.17) is 18.9 Å². The molecule has 0 unspecified atom stereocenters. The molecule has 1 heterocycles. The summed E-state index contributed by atoms with van der Waals surface area (Å²) < 4.78 is 21.5. The molecular formula is C17H30N2O4+2. The van der Waals surface area contributed by atoms with Crippen LogP contribution in [0.5, 0.6) is 17.2 Å². The van der Waals surface area contributed by atoms with Gasteiger partial charge in [0.15, 0.2) is 11.5 Å². The number of nitrogens with one attached hydrogen (secondary N) is 1. The number of methoxy groups -OCH3 is 3. The highest BCUT2D eigenvalue weighted by Crippen LogP contribution is 2.37. The molecule has 0 amide bonds. The van der Waals surface area contributed by atoms with Crippen LogP contribution >= 0.6 is 0 Å². The van der Waals surface area contributed by atoms with E-state index in [1.165, 1.54) is 18.5 Å². The zero-order chi connectivity index (χ0) is 16.5. The molecule has 0 aromatic heterocycles. The summed E-state index contributed by atoms with van der Waals surface area (Å²) in [4.78, 5) is 1.66. The van der Waals surface area contributed by atoms with Gasteiger partial charge >= 0.3 is 0 Å². The van der Waals surface area contributed by atoms with Crippen molar-refractivity contribution in [2.75, 3.05) is 60.7 Å². The molecule has 0 spiro atoms. The Morgan fingerprint density at radius 1 is 1.04 bits per heavy atom. The maximum atomic E-state index is 5.39. The largest absolute Gasteiger partial charge is 0.493 e. The van der Waals surface area contributed by atoms with Gasteiger partial charge in [0, 0.05) is 12.0 Å². The molecule has 6 heteroatoms. The zero-order valence-electron chi connectivity index (χ0n) is 14.5. The van der Waals surface area contributed by atoms with Crippen molar-refractivity contribution >= 4 is 0 Å². The summed E-state index contributed by atoms with van der Waals surface area (Å²) in [6.45, 7) is 7.38. The molecule has 1 aliphatic rings. The van der Waals surface area contributed by atoms with Gasteiger partial charge in [0.1, 0.15) is 19.6 Å². The topological polar surface area (TPSA) is 58.0 Å². The minimum Gasteiger partial charge on any atom is -0.493 e. The van der Waals surface area contributed by atoms with Gasteiger partial charge in [0.2, 0.25) is 5.75 Å². The van der Waals surface area contributed by atoms with E-state index in [0.29, 0.717) is 17.2 Å². The summed E-state index contributed by atoms with van der Waals surface area (Å²) in [7, 11) is 4.92. The first kappa shape index (κ1) is 17.8. The SMILES string of the molecule is COc1cc(C[NH2+]CCC[NH+]2CCOCC2)cc(OC)c1OC. The van der Waals surface area contributed by atoms with Crippen LogP contribution in [0.15, 0.2) is 12.1 Å². The van der Waals surface area contributed by atoms with Gasteiger partial charge in [-0.05, 0) is 12.1 Å². The third kappa shape index (κ3) is 5.27. The molecule has 23 heavy (non-hydrogen) atoms. The molecule has 0 saturated carbocycles. The van der Waals surface area contributed by atoms with Gasteiger partial charge in [-0.2, -0.15) is 0 Å². The predicted octanol–water partition coefficient (Wildman–Crippen LogP) is -0.919. The maximum Gasteiger partial charge on any atom is 0.203 e. The molecule has 3 N–H and O–H groups in total. The van der Waals surface area contributed by atoms with E-state index in [9.17, 15) is 0 Å². The number of morpholine rings is 1. The molecule has 0 atom stereocenters. The van der Waals surface area contributed by atoms with Gasteiger partial charge in [-0.25, -0.2) is 0 Å². The van der Waals surface area contributed by atoms with Gasteiger partial charge in [-0.3, -0.25) is 0 Å². The van der Waals surface area contributed by atoms with Crippen LogP contribution in [0.4, 0.5) is 0 Å². The van der Waals surface area contributed by atoms with Crippen molar-refractivity contribution in [3.8, 4) is 17.2 Å². The lowest BCUT2D eigenvalue weighted by atomic mass is 10.1. The molecule has 1 fully saturated rings. The first-order chi connectivity index (χ1) is 11.3. The van der Waals surface area contributed by atoms with E-state index in [-0.39, 0.29) is 0 Å². The van der Waals surface area contributed by atoms with Gasteiger partial charge in [0.05, 0.1) is 47.6 Å². The second-order valence-electron chi connectivity index (χ2n) is 5.78. The van der Waals surface area contributed by atoms with E-state index >= 15 is 0 Å². The Kier molecular flexibility index (Phi) is 7.45. The van der Waals surface area contributed by atoms with E-state index < -0.39 is 0 Å². The van der Waals surface area contributed by atoms with E-state index in [1.54, 1.807) is 26.2 Å². The molecule has 6 nitrogen and oxygen atoms in total. The minimum absolute atomic E-state index is 0.648. The van der Waals surface area contributed by atoms with Crippen molar-refractivity contribution in [1.29, 1.82) is 0 Å². The summed E-state index contributed by atoms with van der Waals surface area (Å²) in [6, 6.07) is 4.04. The predicted molar refractivity (Wildman–Crippen MR) is 87.6 cm³/mol. The Balaban J connectivity index is 1.78. The zero-order valence-corrected chi connectivity index (χ0v) is 14.5. The molecule has 1 aliphatic heterocycles.